The highest BCUT2D eigenvalue weighted by Crippen LogP contribution is 2.18. The monoisotopic (exact) mass is 400 g/mol. The van der Waals surface area contributed by atoms with E-state index in [0.29, 0.717) is 30.1 Å². The SMILES string of the molecule is CNC(C)Cc1noc(C(Cc2ccccc2)NC(=O)c2ccccc2)n1.Cl. The smallest absolute Gasteiger partial charge is 0.251 e. The number of likely N-dealkylation sites (N-methyl/N-ethyl adjacent to an activating group) is 1. The Morgan fingerprint density at radius 2 is 1.68 bits per heavy atom. The maximum atomic E-state index is 12.6. The number of nitrogens with one attached hydrogen (secondary N) is 2. The summed E-state index contributed by atoms with van der Waals surface area (Å²) in [6.07, 6.45) is 1.23. The summed E-state index contributed by atoms with van der Waals surface area (Å²) in [7, 11) is 1.89. The van der Waals surface area contributed by atoms with Gasteiger partial charge in [-0.05, 0) is 31.7 Å². The zero-order valence-electron chi connectivity index (χ0n) is 16.0. The third-order valence-electron chi connectivity index (χ3n) is 4.39. The molecule has 0 fully saturated rings. The molecular weight excluding hydrogens is 376 g/mol. The molecule has 2 atom stereocenters. The summed E-state index contributed by atoms with van der Waals surface area (Å²) >= 11 is 0. The average Bonchev–Trinajstić information content (AvgIpc) is 3.17. The maximum absolute atomic E-state index is 12.6. The molecule has 1 amide bonds. The van der Waals surface area contributed by atoms with Crippen LogP contribution in [-0.2, 0) is 12.8 Å². The molecule has 0 saturated heterocycles. The van der Waals surface area contributed by atoms with Crippen LogP contribution in [0.1, 0.15) is 40.6 Å². The normalized spacial score (nSPS) is 12.6. The summed E-state index contributed by atoms with van der Waals surface area (Å²) < 4.78 is 5.48. The van der Waals surface area contributed by atoms with Crippen LogP contribution in [0, 0.1) is 0 Å². The van der Waals surface area contributed by atoms with E-state index in [4.69, 9.17) is 4.52 Å². The lowest BCUT2D eigenvalue weighted by atomic mass is 10.1. The van der Waals surface area contributed by atoms with Gasteiger partial charge >= 0.3 is 0 Å². The van der Waals surface area contributed by atoms with E-state index in [1.165, 1.54) is 0 Å². The van der Waals surface area contributed by atoms with Gasteiger partial charge in [0.2, 0.25) is 5.89 Å². The lowest BCUT2D eigenvalue weighted by Crippen LogP contribution is -2.30. The quantitative estimate of drug-likeness (QED) is 0.606. The molecule has 1 aromatic heterocycles. The number of carbonyl (C=O) groups excluding carboxylic acids is 1. The summed E-state index contributed by atoms with van der Waals surface area (Å²) in [4.78, 5) is 17.1. The number of aromatic nitrogens is 2. The Morgan fingerprint density at radius 1 is 1.04 bits per heavy atom. The first kappa shape index (κ1) is 21.6. The Balaban J connectivity index is 0.00000280. The fourth-order valence-corrected chi connectivity index (χ4v) is 2.75. The van der Waals surface area contributed by atoms with Crippen molar-refractivity contribution in [1.29, 1.82) is 0 Å². The summed E-state index contributed by atoms with van der Waals surface area (Å²) in [5.74, 6) is 0.875. The van der Waals surface area contributed by atoms with E-state index in [1.54, 1.807) is 12.1 Å². The summed E-state index contributed by atoms with van der Waals surface area (Å²) in [5, 5.41) is 10.3. The predicted molar refractivity (Wildman–Crippen MR) is 111 cm³/mol. The third-order valence-corrected chi connectivity index (χ3v) is 4.39. The number of hydrogen-bond acceptors (Lipinski definition) is 5. The van der Waals surface area contributed by atoms with Crippen LogP contribution in [0.3, 0.4) is 0 Å². The zero-order chi connectivity index (χ0) is 19.1. The Hall–Kier alpha value is -2.70. The second-order valence-corrected chi connectivity index (χ2v) is 6.52. The molecule has 0 aliphatic carbocycles. The van der Waals surface area contributed by atoms with Crippen molar-refractivity contribution in [2.24, 2.45) is 0 Å². The van der Waals surface area contributed by atoms with Gasteiger partial charge in [0.15, 0.2) is 5.82 Å². The Kier molecular flexibility index (Phi) is 8.17. The van der Waals surface area contributed by atoms with Crippen molar-refractivity contribution in [3.63, 3.8) is 0 Å². The average molecular weight is 401 g/mol. The van der Waals surface area contributed by atoms with Gasteiger partial charge in [-0.1, -0.05) is 53.7 Å². The van der Waals surface area contributed by atoms with E-state index in [0.717, 1.165) is 5.56 Å². The molecule has 7 heteroatoms. The molecular formula is C21H25ClN4O2. The minimum absolute atomic E-state index is 0. The van der Waals surface area contributed by atoms with Crippen LogP contribution >= 0.6 is 12.4 Å². The molecule has 0 saturated carbocycles. The molecule has 0 spiro atoms. The van der Waals surface area contributed by atoms with Gasteiger partial charge in [0.25, 0.3) is 5.91 Å². The summed E-state index contributed by atoms with van der Waals surface area (Å²) in [6, 6.07) is 18.9. The third kappa shape index (κ3) is 5.90. The van der Waals surface area contributed by atoms with Gasteiger partial charge in [0.05, 0.1) is 0 Å². The van der Waals surface area contributed by atoms with Crippen molar-refractivity contribution in [3.05, 3.63) is 83.5 Å². The number of amides is 1. The van der Waals surface area contributed by atoms with Crippen molar-refractivity contribution in [1.82, 2.24) is 20.8 Å². The van der Waals surface area contributed by atoms with Crippen molar-refractivity contribution in [2.45, 2.75) is 31.8 Å². The summed E-state index contributed by atoms with van der Waals surface area (Å²) in [6.45, 7) is 2.05. The number of carbonyl (C=O) groups is 1. The molecule has 3 aromatic rings. The predicted octanol–water partition coefficient (Wildman–Crippen LogP) is 3.36. The number of hydrogen-bond donors (Lipinski definition) is 2. The van der Waals surface area contributed by atoms with Gasteiger partial charge in [-0.2, -0.15) is 4.98 Å². The molecule has 0 aliphatic heterocycles. The second kappa shape index (κ2) is 10.6. The zero-order valence-corrected chi connectivity index (χ0v) is 16.8. The van der Waals surface area contributed by atoms with Crippen LogP contribution in [-0.4, -0.2) is 29.1 Å². The maximum Gasteiger partial charge on any atom is 0.251 e. The molecule has 28 heavy (non-hydrogen) atoms. The molecule has 3 rings (SSSR count). The van der Waals surface area contributed by atoms with Gasteiger partial charge in [-0.15, -0.1) is 12.4 Å². The first-order chi connectivity index (χ1) is 13.2. The number of nitrogens with zero attached hydrogens (tertiary/aromatic N) is 2. The van der Waals surface area contributed by atoms with Crippen LogP contribution < -0.4 is 10.6 Å². The van der Waals surface area contributed by atoms with Gasteiger partial charge in [0, 0.05) is 24.4 Å². The lowest BCUT2D eigenvalue weighted by Gasteiger charge is -2.15. The summed E-state index contributed by atoms with van der Waals surface area (Å²) in [5.41, 5.74) is 1.68. The van der Waals surface area contributed by atoms with Crippen molar-refractivity contribution >= 4 is 18.3 Å². The largest absolute Gasteiger partial charge is 0.340 e. The molecule has 0 bridgehead atoms. The first-order valence-electron chi connectivity index (χ1n) is 9.05. The topological polar surface area (TPSA) is 80.0 Å². The molecule has 2 unspecified atom stereocenters. The Labute approximate surface area is 171 Å². The minimum atomic E-state index is -0.397. The fourth-order valence-electron chi connectivity index (χ4n) is 2.75. The second-order valence-electron chi connectivity index (χ2n) is 6.52. The van der Waals surface area contributed by atoms with Crippen molar-refractivity contribution in [3.8, 4) is 0 Å². The van der Waals surface area contributed by atoms with E-state index in [9.17, 15) is 4.79 Å². The molecule has 2 N–H and O–H groups in total. The molecule has 148 valence electrons. The van der Waals surface area contributed by atoms with Gasteiger partial charge in [-0.3, -0.25) is 4.79 Å². The molecule has 0 radical (unpaired) electrons. The van der Waals surface area contributed by atoms with Crippen LogP contribution in [0.25, 0.3) is 0 Å². The van der Waals surface area contributed by atoms with E-state index in [1.807, 2.05) is 55.6 Å². The highest BCUT2D eigenvalue weighted by atomic mass is 35.5. The Bertz CT molecular complexity index is 855. The van der Waals surface area contributed by atoms with E-state index >= 15 is 0 Å². The van der Waals surface area contributed by atoms with Crippen LogP contribution in [0.15, 0.2) is 65.2 Å². The van der Waals surface area contributed by atoms with Crippen molar-refractivity contribution < 1.29 is 9.32 Å². The number of rotatable bonds is 8. The highest BCUT2D eigenvalue weighted by molar-refractivity contribution is 5.94. The standard InChI is InChI=1S/C21H24N4O2.ClH/c1-15(22-2)13-19-24-21(27-25-19)18(14-16-9-5-3-6-10-16)23-20(26)17-11-7-4-8-12-17;/h3-12,15,18,22H,13-14H2,1-2H3,(H,23,26);1H. The van der Waals surface area contributed by atoms with E-state index < -0.39 is 6.04 Å². The fraction of sp³-hybridized carbons (Fsp3) is 0.286. The Morgan fingerprint density at radius 3 is 2.32 bits per heavy atom. The molecule has 2 aromatic carbocycles. The first-order valence-corrected chi connectivity index (χ1v) is 9.05. The van der Waals surface area contributed by atoms with E-state index in [2.05, 4.69) is 27.7 Å². The van der Waals surface area contributed by atoms with Crippen LogP contribution in [0.2, 0.25) is 0 Å². The lowest BCUT2D eigenvalue weighted by molar-refractivity contribution is 0.0928. The van der Waals surface area contributed by atoms with Gasteiger partial charge in [0.1, 0.15) is 6.04 Å². The minimum Gasteiger partial charge on any atom is -0.340 e. The number of halogens is 1. The highest BCUT2D eigenvalue weighted by Gasteiger charge is 2.23. The van der Waals surface area contributed by atoms with Crippen LogP contribution in [0.5, 0.6) is 0 Å². The van der Waals surface area contributed by atoms with Crippen LogP contribution in [0.4, 0.5) is 0 Å². The number of benzene rings is 2. The molecule has 1 heterocycles. The van der Waals surface area contributed by atoms with Gasteiger partial charge in [-0.25, -0.2) is 0 Å². The van der Waals surface area contributed by atoms with E-state index in [-0.39, 0.29) is 24.4 Å². The molecule has 6 nitrogen and oxygen atoms in total. The van der Waals surface area contributed by atoms with Crippen molar-refractivity contribution in [2.75, 3.05) is 7.05 Å². The van der Waals surface area contributed by atoms with Gasteiger partial charge < -0.3 is 15.2 Å². The molecule has 0 aliphatic rings.